The van der Waals surface area contributed by atoms with Gasteiger partial charge in [0.05, 0.1) is 0 Å². The maximum absolute atomic E-state index is 3.64. The third kappa shape index (κ3) is 2.49. The summed E-state index contributed by atoms with van der Waals surface area (Å²) in [6.07, 6.45) is 10.4. The van der Waals surface area contributed by atoms with Gasteiger partial charge in [0.15, 0.2) is 0 Å². The van der Waals surface area contributed by atoms with E-state index in [9.17, 15) is 0 Å². The van der Waals surface area contributed by atoms with Crippen molar-refractivity contribution in [1.82, 2.24) is 0 Å². The molecule has 4 aliphatic carbocycles. The molecule has 0 aromatic heterocycles. The largest absolute Gasteiger partial charge is 0.385 e. The summed E-state index contributed by atoms with van der Waals surface area (Å²) in [4.78, 5) is 0. The fourth-order valence-electron chi connectivity index (χ4n) is 6.99. The summed E-state index contributed by atoms with van der Waals surface area (Å²) >= 11 is 0. The second kappa shape index (κ2) is 4.51. The second-order valence-electron chi connectivity index (χ2n) is 9.17. The molecule has 5 rings (SSSR count). The SMILES string of the molecule is CC12CC3CC(C)(C1)CC(CCNc1ccccc1)(C3)C2. The van der Waals surface area contributed by atoms with Crippen molar-refractivity contribution in [3.8, 4) is 0 Å². The van der Waals surface area contributed by atoms with E-state index in [-0.39, 0.29) is 0 Å². The minimum atomic E-state index is 0.644. The third-order valence-corrected chi connectivity index (χ3v) is 6.50. The zero-order valence-corrected chi connectivity index (χ0v) is 13.6. The Morgan fingerprint density at radius 1 is 0.952 bits per heavy atom. The maximum Gasteiger partial charge on any atom is 0.0340 e. The van der Waals surface area contributed by atoms with Gasteiger partial charge in [0, 0.05) is 12.2 Å². The van der Waals surface area contributed by atoms with Gasteiger partial charge >= 0.3 is 0 Å². The molecule has 1 N–H and O–H groups in total. The Balaban J connectivity index is 1.45. The Labute approximate surface area is 129 Å². The molecule has 4 saturated carbocycles. The van der Waals surface area contributed by atoms with Gasteiger partial charge in [-0.3, -0.25) is 0 Å². The van der Waals surface area contributed by atoms with Crippen LogP contribution in [0.5, 0.6) is 0 Å². The molecule has 0 spiro atoms. The topological polar surface area (TPSA) is 12.0 Å². The average Bonchev–Trinajstić information content (AvgIpc) is 2.35. The third-order valence-electron chi connectivity index (χ3n) is 6.50. The van der Waals surface area contributed by atoms with Gasteiger partial charge in [-0.15, -0.1) is 0 Å². The van der Waals surface area contributed by atoms with Crippen LogP contribution in [0.15, 0.2) is 30.3 Å². The molecule has 4 bridgehead atoms. The normalized spacial score (nSPS) is 44.0. The lowest BCUT2D eigenvalue weighted by Gasteiger charge is -2.65. The molecule has 2 unspecified atom stereocenters. The van der Waals surface area contributed by atoms with Gasteiger partial charge in [-0.25, -0.2) is 0 Å². The quantitative estimate of drug-likeness (QED) is 0.771. The molecule has 0 heterocycles. The number of hydrogen-bond donors (Lipinski definition) is 1. The first-order valence-electron chi connectivity index (χ1n) is 8.77. The van der Waals surface area contributed by atoms with Crippen LogP contribution in [0.4, 0.5) is 5.69 Å². The number of hydrogen-bond acceptors (Lipinski definition) is 1. The Morgan fingerprint density at radius 2 is 1.62 bits per heavy atom. The summed E-state index contributed by atoms with van der Waals surface area (Å²) in [5, 5.41) is 3.64. The highest BCUT2D eigenvalue weighted by Gasteiger charge is 2.59. The highest BCUT2D eigenvalue weighted by atomic mass is 14.9. The van der Waals surface area contributed by atoms with Gasteiger partial charge in [-0.2, -0.15) is 0 Å². The first-order chi connectivity index (χ1) is 9.99. The molecule has 1 aromatic carbocycles. The first kappa shape index (κ1) is 13.7. The van der Waals surface area contributed by atoms with Gasteiger partial charge in [0.25, 0.3) is 0 Å². The van der Waals surface area contributed by atoms with Crippen LogP contribution in [-0.2, 0) is 0 Å². The van der Waals surface area contributed by atoms with Crippen LogP contribution < -0.4 is 5.32 Å². The molecule has 1 heteroatoms. The van der Waals surface area contributed by atoms with Crippen LogP contribution in [0.2, 0.25) is 0 Å². The molecule has 1 aromatic rings. The van der Waals surface area contributed by atoms with Crippen molar-refractivity contribution in [2.24, 2.45) is 22.2 Å². The smallest absolute Gasteiger partial charge is 0.0340 e. The summed E-state index contributed by atoms with van der Waals surface area (Å²) in [5.41, 5.74) is 3.23. The summed E-state index contributed by atoms with van der Waals surface area (Å²) in [7, 11) is 0. The van der Waals surface area contributed by atoms with Crippen molar-refractivity contribution in [1.29, 1.82) is 0 Å². The van der Waals surface area contributed by atoms with Crippen LogP contribution in [0.25, 0.3) is 0 Å². The van der Waals surface area contributed by atoms with Crippen LogP contribution in [0.1, 0.15) is 58.8 Å². The van der Waals surface area contributed by atoms with Crippen molar-refractivity contribution in [3.05, 3.63) is 30.3 Å². The van der Waals surface area contributed by atoms with Crippen molar-refractivity contribution in [2.45, 2.75) is 58.8 Å². The monoisotopic (exact) mass is 283 g/mol. The van der Waals surface area contributed by atoms with Crippen LogP contribution in [-0.4, -0.2) is 6.54 Å². The maximum atomic E-state index is 3.64. The Hall–Kier alpha value is -0.980. The molecule has 0 radical (unpaired) electrons. The van der Waals surface area contributed by atoms with Crippen LogP contribution in [0, 0.1) is 22.2 Å². The molecule has 2 atom stereocenters. The molecule has 1 nitrogen and oxygen atoms in total. The lowest BCUT2D eigenvalue weighted by Crippen LogP contribution is -2.55. The van der Waals surface area contributed by atoms with Crippen molar-refractivity contribution in [3.63, 3.8) is 0 Å². The standard InChI is InChI=1S/C20H29N/c1-18-10-16-11-19(2,13-18)15-20(12-16,14-18)8-9-21-17-6-4-3-5-7-17/h3-7,16,21H,8-15H2,1-2H3. The summed E-state index contributed by atoms with van der Waals surface area (Å²) in [5.74, 6) is 1.02. The van der Waals surface area contributed by atoms with Gasteiger partial charge in [-0.05, 0) is 79.2 Å². The predicted molar refractivity (Wildman–Crippen MR) is 89.4 cm³/mol. The Morgan fingerprint density at radius 3 is 2.24 bits per heavy atom. The molecule has 0 aliphatic heterocycles. The highest BCUT2D eigenvalue weighted by molar-refractivity contribution is 5.42. The van der Waals surface area contributed by atoms with E-state index >= 15 is 0 Å². The van der Waals surface area contributed by atoms with E-state index in [1.54, 1.807) is 0 Å². The average molecular weight is 283 g/mol. The van der Waals surface area contributed by atoms with Gasteiger partial charge < -0.3 is 5.32 Å². The second-order valence-corrected chi connectivity index (χ2v) is 9.17. The first-order valence-corrected chi connectivity index (χ1v) is 8.77. The predicted octanol–water partition coefficient (Wildman–Crippen LogP) is 5.49. The number of rotatable bonds is 4. The number of nitrogens with one attached hydrogen (secondary N) is 1. The number of para-hydroxylation sites is 1. The van der Waals surface area contributed by atoms with E-state index in [4.69, 9.17) is 0 Å². The molecular formula is C20H29N. The van der Waals surface area contributed by atoms with E-state index in [1.807, 2.05) is 0 Å². The van der Waals surface area contributed by atoms with Crippen LogP contribution >= 0.6 is 0 Å². The lowest BCUT2D eigenvalue weighted by atomic mass is 9.40. The van der Waals surface area contributed by atoms with E-state index in [0.29, 0.717) is 16.2 Å². The fourth-order valence-corrected chi connectivity index (χ4v) is 6.99. The summed E-state index contributed by atoms with van der Waals surface area (Å²) < 4.78 is 0. The Bertz CT molecular complexity index is 502. The lowest BCUT2D eigenvalue weighted by molar-refractivity contribution is -0.146. The molecule has 21 heavy (non-hydrogen) atoms. The van der Waals surface area contributed by atoms with Crippen molar-refractivity contribution in [2.75, 3.05) is 11.9 Å². The van der Waals surface area contributed by atoms with E-state index in [1.165, 1.54) is 50.6 Å². The van der Waals surface area contributed by atoms with Gasteiger partial charge in [-0.1, -0.05) is 32.0 Å². The zero-order valence-electron chi connectivity index (χ0n) is 13.6. The Kier molecular flexibility index (Phi) is 2.93. The molecular weight excluding hydrogens is 254 g/mol. The number of anilines is 1. The van der Waals surface area contributed by atoms with Gasteiger partial charge in [0.1, 0.15) is 0 Å². The minimum Gasteiger partial charge on any atom is -0.385 e. The summed E-state index contributed by atoms with van der Waals surface area (Å²) in [6, 6.07) is 10.7. The van der Waals surface area contributed by atoms with E-state index < -0.39 is 0 Å². The molecule has 4 aliphatic rings. The molecule has 114 valence electrons. The van der Waals surface area contributed by atoms with E-state index in [0.717, 1.165) is 12.5 Å². The number of benzene rings is 1. The summed E-state index contributed by atoms with van der Waals surface area (Å²) in [6.45, 7) is 6.30. The van der Waals surface area contributed by atoms with Crippen molar-refractivity contribution >= 4 is 5.69 Å². The molecule has 4 fully saturated rings. The molecule has 0 amide bonds. The minimum absolute atomic E-state index is 0.644. The highest BCUT2D eigenvalue weighted by Crippen LogP contribution is 2.70. The van der Waals surface area contributed by atoms with Gasteiger partial charge in [0.2, 0.25) is 0 Å². The fraction of sp³-hybridized carbons (Fsp3) is 0.700. The zero-order chi connectivity index (χ0) is 14.6. The molecule has 0 saturated heterocycles. The van der Waals surface area contributed by atoms with Crippen molar-refractivity contribution < 1.29 is 0 Å². The van der Waals surface area contributed by atoms with E-state index in [2.05, 4.69) is 49.5 Å². The van der Waals surface area contributed by atoms with Crippen LogP contribution in [0.3, 0.4) is 0 Å².